The Labute approximate surface area is 255 Å². The third-order valence-corrected chi connectivity index (χ3v) is 10.5. The number of methoxy groups -OCH3 is 1. The first kappa shape index (κ1) is 28.9. The minimum absolute atomic E-state index is 0.0628. The highest BCUT2D eigenvalue weighted by molar-refractivity contribution is 6.53. The molecular weight excluding hydrogens is 601 g/mol. The van der Waals surface area contributed by atoms with Crippen molar-refractivity contribution in [1.29, 1.82) is 0 Å². The summed E-state index contributed by atoms with van der Waals surface area (Å²) in [5.41, 5.74) is 1.24. The highest BCUT2D eigenvalue weighted by Crippen LogP contribution is 2.63. The SMILES string of the molecule is COc1cc(C=CC2C3=CCC4C(=O)N(c5ccc([N+](=O)[O-])cc5)C(=O)C4C3CC3(Cl)C(=O)N(C)C(=O)C23Cl)ccc1O. The number of alkyl halides is 2. The first-order chi connectivity index (χ1) is 20.3. The number of phenols is 1. The number of fused-ring (bicyclic) bond motifs is 4. The van der Waals surface area contributed by atoms with Crippen LogP contribution in [-0.4, -0.2) is 62.5 Å². The summed E-state index contributed by atoms with van der Waals surface area (Å²) in [6.45, 7) is 0. The number of carbonyl (C=O) groups excluding carboxylic acids is 4. The lowest BCUT2D eigenvalue weighted by atomic mass is 9.57. The number of phenolic OH excluding ortho intramolecular Hbond substituents is 1. The van der Waals surface area contributed by atoms with Gasteiger partial charge < -0.3 is 9.84 Å². The monoisotopic (exact) mass is 625 g/mol. The van der Waals surface area contributed by atoms with Crippen LogP contribution < -0.4 is 9.64 Å². The fourth-order valence-corrected chi connectivity index (χ4v) is 7.95. The number of benzene rings is 2. The molecule has 6 rings (SSSR count). The van der Waals surface area contributed by atoms with Crippen LogP contribution in [0.2, 0.25) is 0 Å². The van der Waals surface area contributed by atoms with E-state index in [-0.39, 0.29) is 35.7 Å². The number of anilines is 1. The zero-order valence-electron chi connectivity index (χ0n) is 22.9. The molecule has 2 saturated heterocycles. The minimum Gasteiger partial charge on any atom is -0.504 e. The summed E-state index contributed by atoms with van der Waals surface area (Å²) in [6.07, 6.45) is 5.17. The molecule has 2 aromatic rings. The van der Waals surface area contributed by atoms with Gasteiger partial charge in [0.05, 0.1) is 29.6 Å². The van der Waals surface area contributed by atoms with Crippen LogP contribution >= 0.6 is 23.2 Å². The van der Waals surface area contributed by atoms with Crippen molar-refractivity contribution in [2.24, 2.45) is 23.7 Å². The van der Waals surface area contributed by atoms with E-state index in [0.29, 0.717) is 11.1 Å². The number of aromatic hydroxyl groups is 1. The zero-order chi connectivity index (χ0) is 31.0. The first-order valence-electron chi connectivity index (χ1n) is 13.4. The number of imide groups is 2. The predicted molar refractivity (Wildman–Crippen MR) is 156 cm³/mol. The number of halogens is 2. The molecule has 0 bridgehead atoms. The molecular formula is C30H25Cl2N3O8. The van der Waals surface area contributed by atoms with E-state index in [9.17, 15) is 34.4 Å². The van der Waals surface area contributed by atoms with E-state index in [2.05, 4.69) is 0 Å². The zero-order valence-corrected chi connectivity index (χ0v) is 24.4. The lowest BCUT2D eigenvalue weighted by Gasteiger charge is -2.49. The Balaban J connectivity index is 1.43. The van der Waals surface area contributed by atoms with Crippen LogP contribution in [0.1, 0.15) is 18.4 Å². The Morgan fingerprint density at radius 3 is 2.40 bits per heavy atom. The molecule has 0 aromatic heterocycles. The molecule has 2 heterocycles. The first-order valence-corrected chi connectivity index (χ1v) is 14.2. The number of hydrogen-bond acceptors (Lipinski definition) is 8. The second kappa shape index (κ2) is 9.92. The van der Waals surface area contributed by atoms with Crippen LogP contribution in [-0.2, 0) is 19.2 Å². The summed E-state index contributed by atoms with van der Waals surface area (Å²) in [7, 11) is 2.72. The van der Waals surface area contributed by atoms with Crippen LogP contribution in [0.25, 0.3) is 6.08 Å². The number of hydrogen-bond donors (Lipinski definition) is 1. The van der Waals surface area contributed by atoms with E-state index >= 15 is 0 Å². The molecule has 222 valence electrons. The van der Waals surface area contributed by atoms with E-state index in [1.807, 2.05) is 0 Å². The maximum Gasteiger partial charge on any atom is 0.269 e. The van der Waals surface area contributed by atoms with Crippen molar-refractivity contribution in [2.45, 2.75) is 22.6 Å². The van der Waals surface area contributed by atoms with Crippen molar-refractivity contribution in [2.75, 3.05) is 19.1 Å². The Morgan fingerprint density at radius 1 is 1.05 bits per heavy atom. The molecule has 0 spiro atoms. The summed E-state index contributed by atoms with van der Waals surface area (Å²) in [5, 5.41) is 21.1. The largest absolute Gasteiger partial charge is 0.504 e. The topological polar surface area (TPSA) is 147 Å². The molecule has 1 saturated carbocycles. The minimum atomic E-state index is -1.91. The van der Waals surface area contributed by atoms with Crippen LogP contribution in [0, 0.1) is 33.8 Å². The lowest BCUT2D eigenvalue weighted by Crippen LogP contribution is -2.60. The molecule has 11 nitrogen and oxygen atoms in total. The van der Waals surface area contributed by atoms with Gasteiger partial charge in [0.15, 0.2) is 21.2 Å². The van der Waals surface area contributed by atoms with Gasteiger partial charge in [-0.05, 0) is 48.6 Å². The fraction of sp³-hybridized carbons (Fsp3) is 0.333. The van der Waals surface area contributed by atoms with Gasteiger partial charge in [-0.25, -0.2) is 0 Å². The number of non-ortho nitro benzene ring substituents is 1. The van der Waals surface area contributed by atoms with Gasteiger partial charge in [-0.15, -0.1) is 23.2 Å². The Hall–Kier alpha value is -4.22. The van der Waals surface area contributed by atoms with Gasteiger partial charge in [-0.2, -0.15) is 0 Å². The Kier molecular flexibility index (Phi) is 6.66. The molecule has 2 aliphatic heterocycles. The fourth-order valence-electron chi connectivity index (χ4n) is 6.98. The predicted octanol–water partition coefficient (Wildman–Crippen LogP) is 4.05. The Bertz CT molecular complexity index is 1670. The molecule has 6 unspecified atom stereocenters. The van der Waals surface area contributed by atoms with Gasteiger partial charge in [0.1, 0.15) is 0 Å². The van der Waals surface area contributed by atoms with Gasteiger partial charge in [-0.3, -0.25) is 39.1 Å². The summed E-state index contributed by atoms with van der Waals surface area (Å²) < 4.78 is 5.19. The quantitative estimate of drug-likeness (QED) is 0.172. The van der Waals surface area contributed by atoms with Crippen molar-refractivity contribution in [3.05, 3.63) is 75.9 Å². The van der Waals surface area contributed by atoms with E-state index in [1.54, 1.807) is 30.4 Å². The molecule has 4 amide bonds. The van der Waals surface area contributed by atoms with Gasteiger partial charge in [-0.1, -0.05) is 29.9 Å². The number of ether oxygens (including phenoxy) is 1. The maximum atomic E-state index is 13.9. The van der Waals surface area contributed by atoms with Crippen LogP contribution in [0.3, 0.4) is 0 Å². The van der Waals surface area contributed by atoms with Crippen LogP contribution in [0.15, 0.2) is 60.2 Å². The second-order valence-corrected chi connectivity index (χ2v) is 12.4. The smallest absolute Gasteiger partial charge is 0.269 e. The Morgan fingerprint density at radius 2 is 1.74 bits per heavy atom. The molecule has 2 aliphatic carbocycles. The number of rotatable bonds is 5. The highest BCUT2D eigenvalue weighted by atomic mass is 35.5. The molecule has 13 heteroatoms. The molecule has 1 N–H and O–H groups in total. The molecule has 4 aliphatic rings. The number of nitro benzene ring substituents is 1. The van der Waals surface area contributed by atoms with Gasteiger partial charge in [0.2, 0.25) is 11.8 Å². The average molecular weight is 626 g/mol. The molecule has 2 aromatic carbocycles. The molecule has 3 fully saturated rings. The van der Waals surface area contributed by atoms with E-state index < -0.39 is 62.0 Å². The number of likely N-dealkylation sites (tertiary alicyclic amines) is 1. The third-order valence-electron chi connectivity index (χ3n) is 9.07. The van der Waals surface area contributed by atoms with E-state index in [4.69, 9.17) is 27.9 Å². The van der Waals surface area contributed by atoms with E-state index in [1.165, 1.54) is 44.5 Å². The summed E-state index contributed by atoms with van der Waals surface area (Å²) in [4.78, 5) is 63.2. The lowest BCUT2D eigenvalue weighted by molar-refractivity contribution is -0.384. The maximum absolute atomic E-state index is 13.9. The highest BCUT2D eigenvalue weighted by Gasteiger charge is 2.75. The van der Waals surface area contributed by atoms with Gasteiger partial charge in [0.25, 0.3) is 17.5 Å². The summed E-state index contributed by atoms with van der Waals surface area (Å²) in [5.74, 6) is -5.44. The van der Waals surface area contributed by atoms with Crippen molar-refractivity contribution in [1.82, 2.24) is 4.90 Å². The second-order valence-electron chi connectivity index (χ2n) is 11.1. The van der Waals surface area contributed by atoms with Crippen LogP contribution in [0.4, 0.5) is 11.4 Å². The molecule has 43 heavy (non-hydrogen) atoms. The average Bonchev–Trinajstić information content (AvgIpc) is 3.32. The number of amides is 4. The molecule has 6 atom stereocenters. The van der Waals surface area contributed by atoms with Crippen molar-refractivity contribution < 1.29 is 33.9 Å². The number of nitrogens with zero attached hydrogens (tertiary/aromatic N) is 3. The van der Waals surface area contributed by atoms with Gasteiger partial charge in [0, 0.05) is 25.1 Å². The number of carbonyl (C=O) groups is 4. The third kappa shape index (κ3) is 3.94. The standard InChI is InChI=1S/C30H25Cl2N3O8/c1-33-27(39)29(31)14-20-18(21(30(29,32)28(33)40)11-3-15-4-12-22(36)23(13-15)43-2)9-10-19-24(20)26(38)34(25(19)37)16-5-7-17(8-6-16)35(41)42/h3-9,11-13,19-21,24,36H,10,14H2,1-2H3. The number of nitro groups is 1. The molecule has 0 radical (unpaired) electrons. The van der Waals surface area contributed by atoms with E-state index in [0.717, 1.165) is 9.80 Å². The van der Waals surface area contributed by atoms with Crippen LogP contribution in [0.5, 0.6) is 11.5 Å². The summed E-state index contributed by atoms with van der Waals surface area (Å²) >= 11 is 14.2. The normalized spacial score (nSPS) is 31.7. The summed E-state index contributed by atoms with van der Waals surface area (Å²) in [6, 6.07) is 9.79. The van der Waals surface area contributed by atoms with Crippen molar-refractivity contribution in [3.63, 3.8) is 0 Å². The van der Waals surface area contributed by atoms with Crippen molar-refractivity contribution in [3.8, 4) is 11.5 Å². The number of allylic oxidation sites excluding steroid dienone is 3. The van der Waals surface area contributed by atoms with Gasteiger partial charge >= 0.3 is 0 Å². The van der Waals surface area contributed by atoms with Crippen molar-refractivity contribution >= 4 is 64.3 Å².